The number of carboxylic acid groups (broad SMARTS) is 1. The highest BCUT2D eigenvalue weighted by atomic mass is 16.6. The van der Waals surface area contributed by atoms with Crippen molar-refractivity contribution in [3.63, 3.8) is 0 Å². The number of hydrogen-bond acceptors (Lipinski definition) is 6. The molecule has 0 atom stereocenters. The minimum absolute atomic E-state index is 0.162. The van der Waals surface area contributed by atoms with E-state index in [2.05, 4.69) is 27.1 Å². The first-order valence-electron chi connectivity index (χ1n) is 6.50. The van der Waals surface area contributed by atoms with Crippen molar-refractivity contribution >= 4 is 17.9 Å². The number of carboxylic acids is 1. The normalized spacial score (nSPS) is 10.3. The van der Waals surface area contributed by atoms with Crippen LogP contribution in [0.25, 0.3) is 0 Å². The zero-order chi connectivity index (χ0) is 16.8. The Morgan fingerprint density at radius 3 is 2.73 bits per heavy atom. The number of nitrogens with one attached hydrogen (secondary N) is 1. The number of aromatic nitrogens is 2. The summed E-state index contributed by atoms with van der Waals surface area (Å²) >= 11 is 0. The Balaban J connectivity index is 2.50. The summed E-state index contributed by atoms with van der Waals surface area (Å²) in [5.41, 5.74) is 4.70. The first-order chi connectivity index (χ1) is 10.2. The fraction of sp³-hybridized carbons (Fsp3) is 0.429. The van der Waals surface area contributed by atoms with E-state index < -0.39 is 17.7 Å². The van der Waals surface area contributed by atoms with Gasteiger partial charge in [0.25, 0.3) is 0 Å². The van der Waals surface area contributed by atoms with Crippen molar-refractivity contribution in [2.24, 2.45) is 0 Å². The molecular weight excluding hydrogens is 288 g/mol. The maximum atomic E-state index is 11.4. The predicted molar refractivity (Wildman–Crippen MR) is 79.1 cm³/mol. The van der Waals surface area contributed by atoms with Gasteiger partial charge in [0.05, 0.1) is 6.20 Å². The molecule has 0 aliphatic rings. The molecule has 1 amide bonds. The summed E-state index contributed by atoms with van der Waals surface area (Å²) in [5.74, 6) is 3.98. The van der Waals surface area contributed by atoms with E-state index >= 15 is 0 Å². The number of carbonyl (C=O) groups is 2. The summed E-state index contributed by atoms with van der Waals surface area (Å²) in [4.78, 5) is 29.7. The van der Waals surface area contributed by atoms with Crippen LogP contribution in [-0.2, 0) is 4.74 Å². The van der Waals surface area contributed by atoms with Crippen LogP contribution in [0, 0.1) is 11.8 Å². The smallest absolute Gasteiger partial charge is 0.407 e. The van der Waals surface area contributed by atoms with Gasteiger partial charge in [-0.2, -0.15) is 0 Å². The van der Waals surface area contributed by atoms with Gasteiger partial charge in [0.15, 0.2) is 11.5 Å². The minimum Gasteiger partial charge on any atom is -0.476 e. The molecule has 8 nitrogen and oxygen atoms in total. The number of carbonyl (C=O) groups excluding carboxylic acids is 1. The average Bonchev–Trinajstić information content (AvgIpc) is 2.37. The molecule has 0 bridgehead atoms. The van der Waals surface area contributed by atoms with Gasteiger partial charge < -0.3 is 20.9 Å². The Morgan fingerprint density at radius 1 is 1.45 bits per heavy atom. The van der Waals surface area contributed by atoms with Crippen molar-refractivity contribution in [3.05, 3.63) is 17.6 Å². The molecule has 0 fully saturated rings. The number of aromatic carboxylic acids is 1. The lowest BCUT2D eigenvalue weighted by Crippen LogP contribution is -2.32. The van der Waals surface area contributed by atoms with Gasteiger partial charge in [-0.3, -0.25) is 0 Å². The standard InChI is InChI=1S/C14H18N4O4/c1-14(2,3)22-13(21)16-7-5-4-6-9-8-17-11(15)10(18-9)12(19)20/h8H,5,7H2,1-3H3,(H2,15,17)(H,16,21)(H,19,20). The molecule has 1 heterocycles. The molecule has 1 aromatic heterocycles. The van der Waals surface area contributed by atoms with E-state index in [0.29, 0.717) is 13.0 Å². The van der Waals surface area contributed by atoms with Gasteiger partial charge in [-0.25, -0.2) is 19.6 Å². The van der Waals surface area contributed by atoms with E-state index in [1.165, 1.54) is 6.20 Å². The Hall–Kier alpha value is -2.82. The largest absolute Gasteiger partial charge is 0.476 e. The summed E-state index contributed by atoms with van der Waals surface area (Å²) in [7, 11) is 0. The summed E-state index contributed by atoms with van der Waals surface area (Å²) in [6.07, 6.45) is 1.12. The number of anilines is 1. The van der Waals surface area contributed by atoms with Crippen LogP contribution in [0.4, 0.5) is 10.6 Å². The topological polar surface area (TPSA) is 127 Å². The van der Waals surface area contributed by atoms with E-state index in [1.807, 2.05) is 0 Å². The highest BCUT2D eigenvalue weighted by Gasteiger charge is 2.15. The molecule has 118 valence electrons. The van der Waals surface area contributed by atoms with Crippen LogP contribution >= 0.6 is 0 Å². The number of ether oxygens (including phenoxy) is 1. The lowest BCUT2D eigenvalue weighted by atomic mass is 10.2. The SMILES string of the molecule is CC(C)(C)OC(=O)NCCC#Cc1cnc(N)c(C(=O)O)n1. The Labute approximate surface area is 128 Å². The highest BCUT2D eigenvalue weighted by Crippen LogP contribution is 2.06. The Bertz CT molecular complexity index is 626. The van der Waals surface area contributed by atoms with Gasteiger partial charge >= 0.3 is 12.1 Å². The third kappa shape index (κ3) is 6.09. The first kappa shape index (κ1) is 17.2. The molecular formula is C14H18N4O4. The van der Waals surface area contributed by atoms with Crippen molar-refractivity contribution in [1.82, 2.24) is 15.3 Å². The van der Waals surface area contributed by atoms with Crippen LogP contribution in [0.15, 0.2) is 6.20 Å². The maximum Gasteiger partial charge on any atom is 0.407 e. The maximum absolute atomic E-state index is 11.4. The molecule has 1 aromatic rings. The second kappa shape index (κ2) is 7.26. The zero-order valence-corrected chi connectivity index (χ0v) is 12.6. The molecule has 8 heteroatoms. The number of hydrogen-bond donors (Lipinski definition) is 3. The third-order valence-corrected chi connectivity index (χ3v) is 2.14. The highest BCUT2D eigenvalue weighted by molar-refractivity contribution is 5.90. The van der Waals surface area contributed by atoms with E-state index in [0.717, 1.165) is 0 Å². The van der Waals surface area contributed by atoms with Crippen molar-refractivity contribution in [1.29, 1.82) is 0 Å². The summed E-state index contributed by atoms with van der Waals surface area (Å²) in [5, 5.41) is 11.4. The quantitative estimate of drug-likeness (QED) is 0.562. The fourth-order valence-corrected chi connectivity index (χ4v) is 1.31. The predicted octanol–water partition coefficient (Wildman–Crippen LogP) is 1.02. The third-order valence-electron chi connectivity index (χ3n) is 2.14. The molecule has 0 aliphatic heterocycles. The molecule has 0 aromatic carbocycles. The lowest BCUT2D eigenvalue weighted by Gasteiger charge is -2.19. The summed E-state index contributed by atoms with van der Waals surface area (Å²) in [6.45, 7) is 5.61. The summed E-state index contributed by atoms with van der Waals surface area (Å²) < 4.78 is 5.06. The van der Waals surface area contributed by atoms with Crippen LogP contribution in [0.3, 0.4) is 0 Å². The molecule has 0 radical (unpaired) electrons. The monoisotopic (exact) mass is 306 g/mol. The van der Waals surface area contributed by atoms with Gasteiger partial charge in [-0.05, 0) is 26.7 Å². The molecule has 1 rings (SSSR count). The molecule has 0 unspecified atom stereocenters. The lowest BCUT2D eigenvalue weighted by molar-refractivity contribution is 0.0528. The van der Waals surface area contributed by atoms with Gasteiger partial charge in [0, 0.05) is 13.0 Å². The zero-order valence-electron chi connectivity index (χ0n) is 12.6. The van der Waals surface area contributed by atoms with E-state index in [1.54, 1.807) is 20.8 Å². The van der Waals surface area contributed by atoms with E-state index in [4.69, 9.17) is 15.6 Å². The fourth-order valence-electron chi connectivity index (χ4n) is 1.31. The average molecular weight is 306 g/mol. The van der Waals surface area contributed by atoms with E-state index in [-0.39, 0.29) is 17.2 Å². The number of nitrogens with two attached hydrogens (primary N) is 1. The van der Waals surface area contributed by atoms with Crippen molar-refractivity contribution in [3.8, 4) is 11.8 Å². The van der Waals surface area contributed by atoms with Gasteiger partial charge in [-0.1, -0.05) is 5.92 Å². The second-order valence-corrected chi connectivity index (χ2v) is 5.27. The molecule has 22 heavy (non-hydrogen) atoms. The van der Waals surface area contributed by atoms with Crippen molar-refractivity contribution in [2.45, 2.75) is 32.8 Å². The number of nitrogens with zero attached hydrogens (tertiary/aromatic N) is 2. The van der Waals surface area contributed by atoms with Gasteiger partial charge in [-0.15, -0.1) is 0 Å². The Kier molecular flexibility index (Phi) is 5.69. The van der Waals surface area contributed by atoms with Crippen molar-refractivity contribution in [2.75, 3.05) is 12.3 Å². The molecule has 4 N–H and O–H groups in total. The molecule has 0 aliphatic carbocycles. The van der Waals surface area contributed by atoms with E-state index in [9.17, 15) is 9.59 Å². The van der Waals surface area contributed by atoms with Crippen LogP contribution in [0.1, 0.15) is 43.4 Å². The van der Waals surface area contributed by atoms with Gasteiger partial charge in [0.2, 0.25) is 0 Å². The number of alkyl carbamates (subject to hydrolysis) is 1. The van der Waals surface area contributed by atoms with Crippen molar-refractivity contribution < 1.29 is 19.4 Å². The van der Waals surface area contributed by atoms with Gasteiger partial charge in [0.1, 0.15) is 11.3 Å². The molecule has 0 saturated heterocycles. The summed E-state index contributed by atoms with van der Waals surface area (Å²) in [6, 6.07) is 0. The van der Waals surface area contributed by atoms with Crippen LogP contribution < -0.4 is 11.1 Å². The van der Waals surface area contributed by atoms with Crippen LogP contribution in [-0.4, -0.2) is 39.3 Å². The van der Waals surface area contributed by atoms with Crippen LogP contribution in [0.5, 0.6) is 0 Å². The first-order valence-corrected chi connectivity index (χ1v) is 6.50. The second-order valence-electron chi connectivity index (χ2n) is 5.27. The number of amides is 1. The van der Waals surface area contributed by atoms with Crippen LogP contribution in [0.2, 0.25) is 0 Å². The minimum atomic E-state index is -1.26. The number of rotatable bonds is 3. The molecule has 0 spiro atoms. The Morgan fingerprint density at radius 2 is 2.14 bits per heavy atom. The molecule has 0 saturated carbocycles. The number of nitrogen functional groups attached to an aromatic ring is 1.